The van der Waals surface area contributed by atoms with Crippen LogP contribution in [0.15, 0.2) is 60.7 Å². The molecular weight excluding hydrogens is 456 g/mol. The lowest BCUT2D eigenvalue weighted by molar-refractivity contribution is 0.171. The van der Waals surface area contributed by atoms with Crippen molar-refractivity contribution < 1.29 is 0 Å². The van der Waals surface area contributed by atoms with Crippen LogP contribution in [-0.4, -0.2) is 36.1 Å². The molecule has 0 radical (unpaired) electrons. The third kappa shape index (κ3) is 6.68. The molecule has 1 saturated heterocycles. The second-order valence-electron chi connectivity index (χ2n) is 9.36. The van der Waals surface area contributed by atoms with Gasteiger partial charge in [-0.25, -0.2) is 4.98 Å². The summed E-state index contributed by atoms with van der Waals surface area (Å²) >= 11 is 0. The number of terminal acetylenes is 1. The van der Waals surface area contributed by atoms with Crippen LogP contribution in [0.2, 0.25) is 0 Å². The standard InChI is InChI=1S/C31H32N6/c1-2-17-34-30-27(21-32)29(26-13-7-4-8-14-26)28(22-33)31(36-30)35-18-9-12-24-15-19-37(20-16-24)23-25-10-5-3-6-11-25/h1,3-8,10-11,13-14,24H,9,12,15-20,23H2,(H2,34,35,36). The Hall–Kier alpha value is -4.31. The summed E-state index contributed by atoms with van der Waals surface area (Å²) < 4.78 is 0. The third-order valence-corrected chi connectivity index (χ3v) is 6.88. The molecule has 0 saturated carbocycles. The van der Waals surface area contributed by atoms with E-state index in [1.165, 1.54) is 18.4 Å². The van der Waals surface area contributed by atoms with Gasteiger partial charge in [0.05, 0.1) is 6.54 Å². The molecule has 0 unspecified atom stereocenters. The van der Waals surface area contributed by atoms with Crippen LogP contribution in [-0.2, 0) is 6.54 Å². The van der Waals surface area contributed by atoms with E-state index in [0.29, 0.717) is 40.8 Å². The van der Waals surface area contributed by atoms with Gasteiger partial charge < -0.3 is 10.6 Å². The summed E-state index contributed by atoms with van der Waals surface area (Å²) in [4.78, 5) is 7.14. The number of nitriles is 2. The van der Waals surface area contributed by atoms with E-state index in [1.54, 1.807) is 0 Å². The number of hydrogen-bond acceptors (Lipinski definition) is 6. The molecule has 1 fully saturated rings. The van der Waals surface area contributed by atoms with Crippen molar-refractivity contribution in [2.45, 2.75) is 32.2 Å². The Morgan fingerprint density at radius 3 is 2.14 bits per heavy atom. The Morgan fingerprint density at radius 2 is 1.51 bits per heavy atom. The molecule has 1 aromatic heterocycles. The van der Waals surface area contributed by atoms with Gasteiger partial charge in [-0.05, 0) is 55.8 Å². The van der Waals surface area contributed by atoms with E-state index in [1.807, 2.05) is 30.3 Å². The van der Waals surface area contributed by atoms with Crippen LogP contribution in [0.4, 0.5) is 11.6 Å². The maximum Gasteiger partial charge on any atom is 0.147 e. The first-order chi connectivity index (χ1) is 18.2. The predicted molar refractivity (Wildman–Crippen MR) is 149 cm³/mol. The van der Waals surface area contributed by atoms with E-state index >= 15 is 0 Å². The number of hydrogen-bond donors (Lipinski definition) is 2. The van der Waals surface area contributed by atoms with E-state index in [-0.39, 0.29) is 6.54 Å². The van der Waals surface area contributed by atoms with Gasteiger partial charge in [0.2, 0.25) is 0 Å². The van der Waals surface area contributed by atoms with Gasteiger partial charge in [-0.1, -0.05) is 66.6 Å². The van der Waals surface area contributed by atoms with E-state index in [9.17, 15) is 10.5 Å². The highest BCUT2D eigenvalue weighted by Gasteiger charge is 2.22. The number of pyridine rings is 1. The van der Waals surface area contributed by atoms with Crippen molar-refractivity contribution in [2.24, 2.45) is 5.92 Å². The Morgan fingerprint density at radius 1 is 0.892 bits per heavy atom. The number of nitrogens with zero attached hydrogens (tertiary/aromatic N) is 4. The zero-order valence-electron chi connectivity index (χ0n) is 21.1. The number of likely N-dealkylation sites (tertiary alicyclic amines) is 1. The molecule has 0 aliphatic carbocycles. The Labute approximate surface area is 220 Å². The molecule has 2 N–H and O–H groups in total. The lowest BCUT2D eigenvalue weighted by Gasteiger charge is -2.32. The quantitative estimate of drug-likeness (QED) is 0.284. The maximum absolute atomic E-state index is 10.0. The first kappa shape index (κ1) is 25.8. The van der Waals surface area contributed by atoms with Crippen molar-refractivity contribution >= 4 is 11.6 Å². The number of aromatic nitrogens is 1. The SMILES string of the molecule is C#CCNc1nc(NCCCC2CCN(Cc3ccccc3)CC2)c(C#N)c(-c2ccccc2)c1C#N. The third-order valence-electron chi connectivity index (χ3n) is 6.88. The summed E-state index contributed by atoms with van der Waals surface area (Å²) in [5.41, 5.74) is 3.45. The highest BCUT2D eigenvalue weighted by molar-refractivity contribution is 5.85. The Kier molecular flexibility index (Phi) is 9.14. The molecule has 2 aromatic carbocycles. The topological polar surface area (TPSA) is 87.8 Å². The van der Waals surface area contributed by atoms with Crippen molar-refractivity contribution in [1.29, 1.82) is 10.5 Å². The molecule has 4 rings (SSSR count). The average molecular weight is 489 g/mol. The fraction of sp³-hybridized carbons (Fsp3) is 0.323. The number of benzene rings is 2. The fourth-order valence-electron chi connectivity index (χ4n) is 4.96. The first-order valence-electron chi connectivity index (χ1n) is 12.8. The summed E-state index contributed by atoms with van der Waals surface area (Å²) in [7, 11) is 0. The average Bonchev–Trinajstić information content (AvgIpc) is 2.95. The molecule has 37 heavy (non-hydrogen) atoms. The monoisotopic (exact) mass is 488 g/mol. The molecule has 0 spiro atoms. The Bertz CT molecular complexity index is 1290. The second kappa shape index (κ2) is 13.1. The zero-order valence-corrected chi connectivity index (χ0v) is 21.1. The van der Waals surface area contributed by atoms with Gasteiger partial charge in [0, 0.05) is 18.7 Å². The molecule has 6 nitrogen and oxygen atoms in total. The lowest BCUT2D eigenvalue weighted by Crippen LogP contribution is -2.33. The van der Waals surface area contributed by atoms with Crippen molar-refractivity contribution in [3.05, 3.63) is 77.4 Å². The van der Waals surface area contributed by atoms with E-state index in [2.05, 4.69) is 68.9 Å². The van der Waals surface area contributed by atoms with E-state index in [0.717, 1.165) is 38.0 Å². The van der Waals surface area contributed by atoms with Crippen LogP contribution in [0.25, 0.3) is 11.1 Å². The molecule has 3 aromatic rings. The second-order valence-corrected chi connectivity index (χ2v) is 9.36. The molecule has 1 aliphatic rings. The molecule has 0 amide bonds. The van der Waals surface area contributed by atoms with E-state index in [4.69, 9.17) is 6.42 Å². The van der Waals surface area contributed by atoms with Crippen molar-refractivity contribution in [3.8, 4) is 35.6 Å². The summed E-state index contributed by atoms with van der Waals surface area (Å²) in [5, 5.41) is 26.4. The van der Waals surface area contributed by atoms with Crippen molar-refractivity contribution in [3.63, 3.8) is 0 Å². The molecular formula is C31H32N6. The number of anilines is 2. The molecule has 186 valence electrons. The van der Waals surface area contributed by atoms with Crippen LogP contribution in [0, 0.1) is 40.9 Å². The van der Waals surface area contributed by atoms with Crippen LogP contribution >= 0.6 is 0 Å². The van der Waals surface area contributed by atoms with E-state index < -0.39 is 0 Å². The van der Waals surface area contributed by atoms with Gasteiger partial charge in [-0.2, -0.15) is 10.5 Å². The largest absolute Gasteiger partial charge is 0.369 e. The molecule has 2 heterocycles. The maximum atomic E-state index is 10.0. The van der Waals surface area contributed by atoms with Gasteiger partial charge in [-0.3, -0.25) is 4.90 Å². The number of piperidine rings is 1. The zero-order chi connectivity index (χ0) is 25.9. The first-order valence-corrected chi connectivity index (χ1v) is 12.8. The Balaban J connectivity index is 1.39. The van der Waals surface area contributed by atoms with Gasteiger partial charge in [0.15, 0.2) is 0 Å². The van der Waals surface area contributed by atoms with Crippen LogP contribution in [0.3, 0.4) is 0 Å². The number of rotatable bonds is 10. The summed E-state index contributed by atoms with van der Waals surface area (Å²) in [6.07, 6.45) is 9.98. The van der Waals surface area contributed by atoms with Crippen LogP contribution < -0.4 is 10.6 Å². The van der Waals surface area contributed by atoms with Crippen molar-refractivity contribution in [2.75, 3.05) is 36.8 Å². The molecule has 0 atom stereocenters. The summed E-state index contributed by atoms with van der Waals surface area (Å²) in [6, 6.07) is 24.7. The molecule has 6 heteroatoms. The van der Waals surface area contributed by atoms with Crippen LogP contribution in [0.5, 0.6) is 0 Å². The summed E-state index contributed by atoms with van der Waals surface area (Å²) in [6.45, 7) is 4.24. The minimum absolute atomic E-state index is 0.240. The highest BCUT2D eigenvalue weighted by Crippen LogP contribution is 2.35. The van der Waals surface area contributed by atoms with Gasteiger partial charge >= 0.3 is 0 Å². The normalized spacial score (nSPS) is 13.8. The predicted octanol–water partition coefficient (Wildman–Crippen LogP) is 5.64. The van der Waals surface area contributed by atoms with Crippen LogP contribution in [0.1, 0.15) is 42.4 Å². The molecule has 1 aliphatic heterocycles. The van der Waals surface area contributed by atoms with Gasteiger partial charge in [0.1, 0.15) is 34.9 Å². The number of nitrogens with one attached hydrogen (secondary N) is 2. The smallest absolute Gasteiger partial charge is 0.147 e. The van der Waals surface area contributed by atoms with Gasteiger partial charge in [-0.15, -0.1) is 6.42 Å². The van der Waals surface area contributed by atoms with Gasteiger partial charge in [0.25, 0.3) is 0 Å². The lowest BCUT2D eigenvalue weighted by atomic mass is 9.92. The fourth-order valence-corrected chi connectivity index (χ4v) is 4.96. The highest BCUT2D eigenvalue weighted by atomic mass is 15.1. The minimum Gasteiger partial charge on any atom is -0.369 e. The van der Waals surface area contributed by atoms with Crippen molar-refractivity contribution in [1.82, 2.24) is 9.88 Å². The minimum atomic E-state index is 0.240. The summed E-state index contributed by atoms with van der Waals surface area (Å²) in [5.74, 6) is 4.12. The molecule has 0 bridgehead atoms.